The predicted molar refractivity (Wildman–Crippen MR) is 81.7 cm³/mol. The van der Waals surface area contributed by atoms with Crippen LogP contribution in [0.4, 0.5) is 5.69 Å². The molecule has 19 heavy (non-hydrogen) atoms. The Morgan fingerprint density at radius 3 is 2.58 bits per heavy atom. The number of halogens is 1. The summed E-state index contributed by atoms with van der Waals surface area (Å²) in [5.74, 6) is 0.184. The number of carbonyl (C=O) groups excluding carboxylic acids is 1. The Labute approximate surface area is 120 Å². The molecule has 3 N–H and O–H groups in total. The molecule has 1 aromatic rings. The Bertz CT molecular complexity index is 434. The van der Waals surface area contributed by atoms with E-state index in [1.54, 1.807) is 12.1 Å². The maximum Gasteiger partial charge on any atom is 0.250 e. The van der Waals surface area contributed by atoms with Gasteiger partial charge in [-0.3, -0.25) is 4.79 Å². The van der Waals surface area contributed by atoms with Crippen molar-refractivity contribution >= 4 is 23.2 Å². The molecule has 0 heterocycles. The van der Waals surface area contributed by atoms with Crippen LogP contribution in [-0.4, -0.2) is 11.9 Å². The van der Waals surface area contributed by atoms with Gasteiger partial charge in [0.2, 0.25) is 5.91 Å². The minimum Gasteiger partial charge on any atom is -0.382 e. The van der Waals surface area contributed by atoms with E-state index in [9.17, 15) is 4.79 Å². The van der Waals surface area contributed by atoms with Gasteiger partial charge in [-0.1, -0.05) is 38.8 Å². The SMILES string of the molecule is CCC(C)CC(CC)Nc1ccc(Cl)c(C(N)=O)c1. The van der Waals surface area contributed by atoms with Gasteiger partial charge in [0.15, 0.2) is 0 Å². The van der Waals surface area contributed by atoms with E-state index in [4.69, 9.17) is 17.3 Å². The Balaban J connectivity index is 2.80. The Morgan fingerprint density at radius 1 is 1.37 bits per heavy atom. The molecule has 0 aliphatic heterocycles. The van der Waals surface area contributed by atoms with Gasteiger partial charge in [0.1, 0.15) is 0 Å². The highest BCUT2D eigenvalue weighted by molar-refractivity contribution is 6.33. The number of carbonyl (C=O) groups is 1. The molecule has 0 saturated carbocycles. The molecule has 106 valence electrons. The van der Waals surface area contributed by atoms with Crippen molar-refractivity contribution < 1.29 is 4.79 Å². The van der Waals surface area contributed by atoms with E-state index < -0.39 is 5.91 Å². The van der Waals surface area contributed by atoms with Crippen molar-refractivity contribution in [1.29, 1.82) is 0 Å². The zero-order valence-corrected chi connectivity index (χ0v) is 12.6. The maximum atomic E-state index is 11.3. The maximum absolute atomic E-state index is 11.3. The quantitative estimate of drug-likeness (QED) is 0.792. The number of nitrogens with two attached hydrogens (primary N) is 1. The predicted octanol–water partition coefficient (Wildman–Crippen LogP) is 4.07. The standard InChI is InChI=1S/C15H23ClN2O/c1-4-10(3)8-11(5-2)18-12-6-7-14(16)13(9-12)15(17)19/h6-7,9-11,18H,4-5,8H2,1-3H3,(H2,17,19). The normalized spacial score (nSPS) is 13.9. The van der Waals surface area contributed by atoms with Crippen LogP contribution in [0.25, 0.3) is 0 Å². The summed E-state index contributed by atoms with van der Waals surface area (Å²) in [4.78, 5) is 11.3. The molecule has 0 aromatic heterocycles. The third-order valence-corrected chi connectivity index (χ3v) is 3.81. The molecule has 0 aliphatic rings. The molecule has 0 bridgehead atoms. The first kappa shape index (κ1) is 15.8. The fraction of sp³-hybridized carbons (Fsp3) is 0.533. The number of amides is 1. The van der Waals surface area contributed by atoms with Crippen molar-refractivity contribution in [2.24, 2.45) is 11.7 Å². The van der Waals surface area contributed by atoms with Crippen LogP contribution in [0.5, 0.6) is 0 Å². The van der Waals surface area contributed by atoms with E-state index in [1.807, 2.05) is 6.07 Å². The molecule has 0 aliphatic carbocycles. The fourth-order valence-corrected chi connectivity index (χ4v) is 2.23. The lowest BCUT2D eigenvalue weighted by Gasteiger charge is -2.21. The second kappa shape index (κ2) is 7.39. The second-order valence-electron chi connectivity index (χ2n) is 5.06. The van der Waals surface area contributed by atoms with Crippen LogP contribution >= 0.6 is 11.6 Å². The minimum atomic E-state index is -0.497. The van der Waals surface area contributed by atoms with Gasteiger partial charge in [-0.05, 0) is 37.0 Å². The topological polar surface area (TPSA) is 55.1 Å². The lowest BCUT2D eigenvalue weighted by Crippen LogP contribution is -2.21. The van der Waals surface area contributed by atoms with E-state index in [2.05, 4.69) is 26.1 Å². The molecule has 1 amide bonds. The number of primary amides is 1. The van der Waals surface area contributed by atoms with Crippen LogP contribution in [0.15, 0.2) is 18.2 Å². The van der Waals surface area contributed by atoms with Gasteiger partial charge in [0.25, 0.3) is 0 Å². The van der Waals surface area contributed by atoms with Crippen molar-refractivity contribution in [2.75, 3.05) is 5.32 Å². The lowest BCUT2D eigenvalue weighted by molar-refractivity contribution is 0.100. The Kier molecular flexibility index (Phi) is 6.16. The van der Waals surface area contributed by atoms with Crippen molar-refractivity contribution in [2.45, 2.75) is 46.1 Å². The van der Waals surface area contributed by atoms with Crippen molar-refractivity contribution in [3.8, 4) is 0 Å². The van der Waals surface area contributed by atoms with Gasteiger partial charge in [-0.25, -0.2) is 0 Å². The Morgan fingerprint density at radius 2 is 2.05 bits per heavy atom. The highest BCUT2D eigenvalue weighted by Gasteiger charge is 2.12. The van der Waals surface area contributed by atoms with Crippen LogP contribution in [0.3, 0.4) is 0 Å². The molecule has 0 radical (unpaired) electrons. The van der Waals surface area contributed by atoms with Gasteiger partial charge in [0, 0.05) is 11.7 Å². The molecular weight excluding hydrogens is 260 g/mol. The summed E-state index contributed by atoms with van der Waals surface area (Å²) < 4.78 is 0. The molecule has 0 saturated heterocycles. The lowest BCUT2D eigenvalue weighted by atomic mass is 9.97. The molecule has 1 aromatic carbocycles. The summed E-state index contributed by atoms with van der Waals surface area (Å²) in [7, 11) is 0. The molecule has 4 heteroatoms. The van der Waals surface area contributed by atoms with Crippen molar-refractivity contribution in [3.05, 3.63) is 28.8 Å². The first-order valence-electron chi connectivity index (χ1n) is 6.83. The monoisotopic (exact) mass is 282 g/mol. The van der Waals surface area contributed by atoms with Crippen LogP contribution in [0.1, 0.15) is 50.4 Å². The average molecular weight is 283 g/mol. The van der Waals surface area contributed by atoms with Crippen LogP contribution in [0.2, 0.25) is 5.02 Å². The zero-order valence-electron chi connectivity index (χ0n) is 11.9. The summed E-state index contributed by atoms with van der Waals surface area (Å²) >= 11 is 5.94. The van der Waals surface area contributed by atoms with Gasteiger partial charge in [0.05, 0.1) is 10.6 Å². The van der Waals surface area contributed by atoms with E-state index >= 15 is 0 Å². The molecule has 1 rings (SSSR count). The first-order valence-corrected chi connectivity index (χ1v) is 7.21. The number of rotatable bonds is 7. The zero-order chi connectivity index (χ0) is 14.4. The molecule has 0 fully saturated rings. The van der Waals surface area contributed by atoms with Gasteiger partial charge in [-0.2, -0.15) is 0 Å². The summed E-state index contributed by atoms with van der Waals surface area (Å²) in [6.45, 7) is 6.61. The van der Waals surface area contributed by atoms with Crippen LogP contribution in [0, 0.1) is 5.92 Å². The van der Waals surface area contributed by atoms with E-state index in [0.29, 0.717) is 22.5 Å². The number of hydrogen-bond acceptors (Lipinski definition) is 2. The van der Waals surface area contributed by atoms with E-state index in [0.717, 1.165) is 18.5 Å². The molecular formula is C15H23ClN2O. The number of nitrogens with one attached hydrogen (secondary N) is 1. The van der Waals surface area contributed by atoms with Gasteiger partial charge < -0.3 is 11.1 Å². The summed E-state index contributed by atoms with van der Waals surface area (Å²) in [6.07, 6.45) is 3.33. The average Bonchev–Trinajstić information content (AvgIpc) is 2.39. The highest BCUT2D eigenvalue weighted by atomic mass is 35.5. The van der Waals surface area contributed by atoms with Gasteiger partial charge >= 0.3 is 0 Å². The minimum absolute atomic E-state index is 0.366. The third-order valence-electron chi connectivity index (χ3n) is 3.48. The summed E-state index contributed by atoms with van der Waals surface area (Å²) in [5, 5.41) is 3.85. The fourth-order valence-electron chi connectivity index (χ4n) is 2.02. The van der Waals surface area contributed by atoms with Crippen LogP contribution in [-0.2, 0) is 0 Å². The number of anilines is 1. The van der Waals surface area contributed by atoms with Crippen molar-refractivity contribution in [1.82, 2.24) is 0 Å². The molecule has 2 atom stereocenters. The second-order valence-corrected chi connectivity index (χ2v) is 5.46. The van der Waals surface area contributed by atoms with Crippen LogP contribution < -0.4 is 11.1 Å². The molecule has 0 spiro atoms. The highest BCUT2D eigenvalue weighted by Crippen LogP contribution is 2.22. The number of hydrogen-bond donors (Lipinski definition) is 2. The molecule has 3 nitrogen and oxygen atoms in total. The third kappa shape index (κ3) is 4.75. The Hall–Kier alpha value is -1.22. The summed E-state index contributed by atoms with van der Waals surface area (Å²) in [6, 6.07) is 5.72. The van der Waals surface area contributed by atoms with E-state index in [1.165, 1.54) is 6.42 Å². The first-order chi connectivity index (χ1) is 8.97. The van der Waals surface area contributed by atoms with Gasteiger partial charge in [-0.15, -0.1) is 0 Å². The number of benzene rings is 1. The largest absolute Gasteiger partial charge is 0.382 e. The molecule has 2 unspecified atom stereocenters. The summed E-state index contributed by atoms with van der Waals surface area (Å²) in [5.41, 5.74) is 6.56. The van der Waals surface area contributed by atoms with Crippen molar-refractivity contribution in [3.63, 3.8) is 0 Å². The van der Waals surface area contributed by atoms with E-state index in [-0.39, 0.29) is 0 Å². The smallest absolute Gasteiger partial charge is 0.250 e.